The highest BCUT2D eigenvalue weighted by Gasteiger charge is 2.23. The predicted molar refractivity (Wildman–Crippen MR) is 133 cm³/mol. The molecule has 1 saturated heterocycles. The van der Waals surface area contributed by atoms with E-state index in [0.29, 0.717) is 12.6 Å². The molecule has 1 unspecified atom stereocenters. The van der Waals surface area contributed by atoms with Crippen LogP contribution in [0.5, 0.6) is 0 Å². The van der Waals surface area contributed by atoms with Crippen LogP contribution in [0.4, 0.5) is 5.69 Å². The fourth-order valence-corrected chi connectivity index (χ4v) is 3.67. The van der Waals surface area contributed by atoms with Gasteiger partial charge in [0.2, 0.25) is 0 Å². The second kappa shape index (κ2) is 10.7. The van der Waals surface area contributed by atoms with Gasteiger partial charge in [-0.2, -0.15) is 0 Å². The molecule has 4 rings (SSSR count). The summed E-state index contributed by atoms with van der Waals surface area (Å²) < 4.78 is 5.46. The van der Waals surface area contributed by atoms with E-state index < -0.39 is 0 Å². The molecule has 1 atom stereocenters. The van der Waals surface area contributed by atoms with Crippen molar-refractivity contribution in [1.29, 1.82) is 0 Å². The van der Waals surface area contributed by atoms with E-state index in [4.69, 9.17) is 16.1 Å². The van der Waals surface area contributed by atoms with Crippen LogP contribution in [0.2, 0.25) is 5.02 Å². The van der Waals surface area contributed by atoms with Gasteiger partial charge >= 0.3 is 0 Å². The van der Waals surface area contributed by atoms with E-state index in [1.165, 1.54) is 0 Å². The maximum atomic E-state index is 6.12. The monoisotopic (exact) mass is 537 g/mol. The number of benzene rings is 2. The molecule has 1 aliphatic heterocycles. The molecule has 2 heterocycles. The van der Waals surface area contributed by atoms with Gasteiger partial charge in [-0.3, -0.25) is 4.99 Å². The van der Waals surface area contributed by atoms with Gasteiger partial charge in [-0.25, -0.2) is 0 Å². The minimum Gasteiger partial charge on any atom is -0.369 e. The largest absolute Gasteiger partial charge is 0.369 e. The maximum absolute atomic E-state index is 6.12. The third-order valence-electron chi connectivity index (χ3n) is 4.98. The van der Waals surface area contributed by atoms with E-state index in [-0.39, 0.29) is 24.0 Å². The van der Waals surface area contributed by atoms with E-state index in [2.05, 4.69) is 31.7 Å². The van der Waals surface area contributed by atoms with Crippen molar-refractivity contribution in [2.45, 2.75) is 19.0 Å². The summed E-state index contributed by atoms with van der Waals surface area (Å²) in [4.78, 5) is 6.67. The normalized spacial score (nSPS) is 16.3. The Morgan fingerprint density at radius 2 is 2.03 bits per heavy atom. The standard InChI is InChI=1S/C22H24ClN5O.HI/c1-24-22(25-14-19-13-21(29-27-19)16-6-3-2-4-7-16)26-18-10-11-28(15-18)20-9-5-8-17(23)12-20;/h2-9,12-13,18H,10-11,14-15H2,1H3,(H2,24,25,26);1H. The number of hydrogen-bond acceptors (Lipinski definition) is 4. The summed E-state index contributed by atoms with van der Waals surface area (Å²) in [6.45, 7) is 2.43. The smallest absolute Gasteiger partial charge is 0.191 e. The summed E-state index contributed by atoms with van der Waals surface area (Å²) in [6, 6.07) is 20.2. The molecule has 2 aromatic carbocycles. The first-order valence-electron chi connectivity index (χ1n) is 9.70. The van der Waals surface area contributed by atoms with Crippen molar-refractivity contribution in [2.24, 2.45) is 4.99 Å². The van der Waals surface area contributed by atoms with Gasteiger partial charge in [0.25, 0.3) is 0 Å². The van der Waals surface area contributed by atoms with Crippen LogP contribution in [-0.4, -0.2) is 37.3 Å². The minimum atomic E-state index is 0. The second-order valence-electron chi connectivity index (χ2n) is 7.03. The van der Waals surface area contributed by atoms with Crippen molar-refractivity contribution in [1.82, 2.24) is 15.8 Å². The van der Waals surface area contributed by atoms with Crippen molar-refractivity contribution in [2.75, 3.05) is 25.0 Å². The lowest BCUT2D eigenvalue weighted by Crippen LogP contribution is -2.44. The highest BCUT2D eigenvalue weighted by atomic mass is 127. The Kier molecular flexibility index (Phi) is 7.98. The lowest BCUT2D eigenvalue weighted by atomic mass is 10.2. The molecule has 0 spiro atoms. The molecule has 1 aromatic heterocycles. The Hall–Kier alpha value is -2.26. The van der Waals surface area contributed by atoms with Gasteiger partial charge in [0.15, 0.2) is 11.7 Å². The zero-order valence-electron chi connectivity index (χ0n) is 16.7. The lowest BCUT2D eigenvalue weighted by molar-refractivity contribution is 0.422. The van der Waals surface area contributed by atoms with E-state index in [1.54, 1.807) is 7.05 Å². The quantitative estimate of drug-likeness (QED) is 0.284. The number of aliphatic imine (C=N–C) groups is 1. The van der Waals surface area contributed by atoms with Crippen molar-refractivity contribution < 1.29 is 4.52 Å². The van der Waals surface area contributed by atoms with Gasteiger partial charge in [0, 0.05) is 48.5 Å². The average Bonchev–Trinajstić information content (AvgIpc) is 3.41. The Bertz CT molecular complexity index is 978. The molecule has 30 heavy (non-hydrogen) atoms. The van der Waals surface area contributed by atoms with Crippen LogP contribution in [0.3, 0.4) is 0 Å². The number of guanidine groups is 1. The molecule has 3 aromatic rings. The van der Waals surface area contributed by atoms with Gasteiger partial charge in [-0.05, 0) is 24.6 Å². The number of halogens is 2. The topological polar surface area (TPSA) is 65.7 Å². The van der Waals surface area contributed by atoms with Gasteiger partial charge in [0.05, 0.1) is 6.54 Å². The van der Waals surface area contributed by atoms with Crippen LogP contribution in [0.1, 0.15) is 12.1 Å². The molecular formula is C22H25ClIN5O. The van der Waals surface area contributed by atoms with Crippen LogP contribution < -0.4 is 15.5 Å². The molecule has 0 saturated carbocycles. The fourth-order valence-electron chi connectivity index (χ4n) is 3.48. The highest BCUT2D eigenvalue weighted by Crippen LogP contribution is 2.23. The van der Waals surface area contributed by atoms with Gasteiger partial charge in [0.1, 0.15) is 5.69 Å². The molecule has 0 radical (unpaired) electrons. The van der Waals surface area contributed by atoms with Crippen LogP contribution in [-0.2, 0) is 6.54 Å². The first-order valence-corrected chi connectivity index (χ1v) is 10.1. The molecule has 158 valence electrons. The Morgan fingerprint density at radius 3 is 2.80 bits per heavy atom. The molecule has 6 nitrogen and oxygen atoms in total. The van der Waals surface area contributed by atoms with Crippen LogP contribution >= 0.6 is 35.6 Å². The first-order chi connectivity index (χ1) is 14.2. The summed E-state index contributed by atoms with van der Waals surface area (Å²) in [5.41, 5.74) is 3.00. The van der Waals surface area contributed by atoms with Gasteiger partial charge in [-0.15, -0.1) is 24.0 Å². The zero-order chi connectivity index (χ0) is 20.1. The van der Waals surface area contributed by atoms with Crippen LogP contribution in [0, 0.1) is 0 Å². The lowest BCUT2D eigenvalue weighted by Gasteiger charge is -2.20. The molecule has 1 fully saturated rings. The summed E-state index contributed by atoms with van der Waals surface area (Å²) in [5, 5.41) is 11.7. The van der Waals surface area contributed by atoms with Crippen LogP contribution in [0.15, 0.2) is 70.2 Å². The van der Waals surface area contributed by atoms with Crippen molar-refractivity contribution in [3.63, 3.8) is 0 Å². The van der Waals surface area contributed by atoms with E-state index in [1.807, 2.05) is 54.6 Å². The minimum absolute atomic E-state index is 0. The summed E-state index contributed by atoms with van der Waals surface area (Å²) >= 11 is 6.12. The number of rotatable bonds is 5. The predicted octanol–water partition coefficient (Wildman–Crippen LogP) is 4.56. The SMILES string of the molecule is CN=C(NCc1cc(-c2ccccc2)on1)NC1CCN(c2cccc(Cl)c2)C1.I. The Balaban J connectivity index is 0.00000256. The molecular weight excluding hydrogens is 513 g/mol. The number of anilines is 1. The molecule has 1 aliphatic rings. The number of nitrogens with one attached hydrogen (secondary N) is 2. The van der Waals surface area contributed by atoms with E-state index in [9.17, 15) is 0 Å². The fraction of sp³-hybridized carbons (Fsp3) is 0.273. The molecule has 2 N–H and O–H groups in total. The van der Waals surface area contributed by atoms with Gasteiger partial charge in [-0.1, -0.05) is 53.2 Å². The van der Waals surface area contributed by atoms with Crippen molar-refractivity contribution >= 4 is 47.2 Å². The van der Waals surface area contributed by atoms with Crippen molar-refractivity contribution in [3.8, 4) is 11.3 Å². The molecule has 0 aliphatic carbocycles. The van der Waals surface area contributed by atoms with Gasteiger partial charge < -0.3 is 20.1 Å². The maximum Gasteiger partial charge on any atom is 0.191 e. The number of aromatic nitrogens is 1. The summed E-state index contributed by atoms with van der Waals surface area (Å²) in [6.07, 6.45) is 1.04. The Labute approximate surface area is 198 Å². The zero-order valence-corrected chi connectivity index (χ0v) is 19.8. The highest BCUT2D eigenvalue weighted by molar-refractivity contribution is 14.0. The van der Waals surface area contributed by atoms with E-state index >= 15 is 0 Å². The third-order valence-corrected chi connectivity index (χ3v) is 5.22. The molecule has 0 bridgehead atoms. The number of nitrogens with zero attached hydrogens (tertiary/aromatic N) is 3. The van der Waals surface area contributed by atoms with Crippen LogP contribution in [0.25, 0.3) is 11.3 Å². The van der Waals surface area contributed by atoms with E-state index in [0.717, 1.165) is 53.2 Å². The first kappa shape index (κ1) is 22.4. The molecule has 0 amide bonds. The summed E-state index contributed by atoms with van der Waals surface area (Å²) in [5.74, 6) is 1.52. The van der Waals surface area contributed by atoms with Crippen molar-refractivity contribution in [3.05, 3.63) is 71.4 Å². The Morgan fingerprint density at radius 1 is 1.20 bits per heavy atom. The molecule has 8 heteroatoms. The number of hydrogen-bond donors (Lipinski definition) is 2. The third kappa shape index (κ3) is 5.66. The summed E-state index contributed by atoms with van der Waals surface area (Å²) in [7, 11) is 1.78. The second-order valence-corrected chi connectivity index (χ2v) is 7.47. The average molecular weight is 538 g/mol.